The van der Waals surface area contributed by atoms with Gasteiger partial charge in [0.05, 0.1) is 65.2 Å². The summed E-state index contributed by atoms with van der Waals surface area (Å²) in [5.74, 6) is -1.87. The van der Waals surface area contributed by atoms with E-state index < -0.39 is 21.4 Å². The Hall–Kier alpha value is -15.0. The van der Waals surface area contributed by atoms with Crippen LogP contribution in [0.4, 0.5) is 28.4 Å². The van der Waals surface area contributed by atoms with Crippen LogP contribution in [0, 0.1) is 10.1 Å². The normalized spacial score (nSPS) is 10.4. The van der Waals surface area contributed by atoms with Gasteiger partial charge in [-0.05, 0) is 221 Å². The molecule has 0 atom stereocenters. The summed E-state index contributed by atoms with van der Waals surface area (Å²) in [4.78, 5) is 143. The van der Waals surface area contributed by atoms with E-state index in [9.17, 15) is 58.1 Å². The number of benzene rings is 9. The second-order valence-corrected chi connectivity index (χ2v) is 26.5. The molecule has 3 amide bonds. The fraction of sp³-hybridized carbons (Fsp3) is 0.0108. The summed E-state index contributed by atoms with van der Waals surface area (Å²) in [6.45, 7) is 14.4. The van der Waals surface area contributed by atoms with E-state index in [1.165, 1.54) is 41.9 Å². The maximum absolute atomic E-state index is 12.7. The van der Waals surface area contributed by atoms with Gasteiger partial charge in [0.25, 0.3) is 56.1 Å². The Morgan fingerprint density at radius 2 is 0.712 bits per heavy atom. The first-order valence-electron chi connectivity index (χ1n) is 36.1. The molecule has 18 rings (SSSR count). The number of carboxylic acid groups (broad SMARTS) is 1. The van der Waals surface area contributed by atoms with E-state index in [0.29, 0.717) is 117 Å². The minimum atomic E-state index is -0.902. The third-order valence-electron chi connectivity index (χ3n) is 17.9. The summed E-state index contributed by atoms with van der Waals surface area (Å²) in [5.41, 5.74) is 29.4. The molecule has 125 heavy (non-hydrogen) atoms. The van der Waals surface area contributed by atoms with Gasteiger partial charge in [-0.1, -0.05) is 131 Å². The number of non-ortho nitro benzene ring substituents is 1. The summed E-state index contributed by atoms with van der Waals surface area (Å²) in [7, 11) is 0. The molecular formula is C93H73B2Cl2KN14O13. The van der Waals surface area contributed by atoms with Gasteiger partial charge in [0.2, 0.25) is 0 Å². The number of nitrogen functional groups attached to an aromatic ring is 3. The SMILES string of the molecule is C.C=Cc1ccc(C(=O)Cl)cc1.C=Cc1ccc(C(=O)Cl)cc1.C=Cc1ccc(C(=O)Nc2ccc3nc4ccccn4c(=O)c3c2)cc1.C=Cc1ccc(C(=O)O)cc1.Nc1ccc2c(c1)C(=O)NC2=O.Nc1ccc2nc3ccccn3c(=O)c2c1.Nc1ccc2nc3ccccn3c(=O)c2c1.O=c1c2cc([N+](=O)[O-])ccc2nc2ccccn12.[B].[B].[H-].[K+]. The molecule has 32 heteroatoms. The number of aromatic nitrogens is 8. The number of hydrogen-bond acceptors (Lipinski definition) is 19. The first-order valence-corrected chi connectivity index (χ1v) is 36.9. The molecule has 1 aliphatic heterocycles. The Morgan fingerprint density at radius 1 is 0.408 bits per heavy atom. The summed E-state index contributed by atoms with van der Waals surface area (Å²) in [6, 6.07) is 73.2. The fourth-order valence-electron chi connectivity index (χ4n) is 11.7. The number of rotatable bonds is 10. The molecule has 17 aromatic rings. The van der Waals surface area contributed by atoms with Crippen LogP contribution in [0.2, 0.25) is 0 Å². The van der Waals surface area contributed by atoms with Crippen molar-refractivity contribution in [2.45, 2.75) is 7.43 Å². The molecule has 9 aromatic carbocycles. The van der Waals surface area contributed by atoms with Crippen molar-refractivity contribution in [1.29, 1.82) is 0 Å². The average molecular weight is 1730 g/mol. The van der Waals surface area contributed by atoms with Gasteiger partial charge < -0.3 is 29.1 Å². The van der Waals surface area contributed by atoms with Crippen molar-refractivity contribution < 1.29 is 91.6 Å². The van der Waals surface area contributed by atoms with Crippen LogP contribution in [0.5, 0.6) is 0 Å². The number of fused-ring (bicyclic) bond motifs is 9. The first-order chi connectivity index (χ1) is 58.2. The molecule has 1 aliphatic rings. The Bertz CT molecular complexity index is 6980. The number of pyridine rings is 4. The number of nitro groups is 1. The van der Waals surface area contributed by atoms with Crippen LogP contribution in [0.1, 0.15) is 93.3 Å². The van der Waals surface area contributed by atoms with Crippen molar-refractivity contribution in [3.63, 3.8) is 0 Å². The monoisotopic (exact) mass is 1720 g/mol. The van der Waals surface area contributed by atoms with Crippen LogP contribution in [0.3, 0.4) is 0 Å². The maximum Gasteiger partial charge on any atom is 1.00 e. The number of imide groups is 1. The number of nitrogens with two attached hydrogens (primary N) is 3. The maximum atomic E-state index is 12.7. The van der Waals surface area contributed by atoms with Crippen LogP contribution in [-0.2, 0) is 0 Å². The van der Waals surface area contributed by atoms with Gasteiger partial charge in [-0.15, -0.1) is 0 Å². The van der Waals surface area contributed by atoms with Crippen molar-refractivity contribution in [3.8, 4) is 0 Å². The summed E-state index contributed by atoms with van der Waals surface area (Å²) in [6.07, 6.45) is 13.5. The Balaban J connectivity index is 0.000000225. The number of nitrogens with one attached hydrogen (secondary N) is 2. The molecule has 0 bridgehead atoms. The predicted molar refractivity (Wildman–Crippen MR) is 495 cm³/mol. The van der Waals surface area contributed by atoms with Crippen molar-refractivity contribution >= 4 is 193 Å². The topological polar surface area (TPSA) is 405 Å². The van der Waals surface area contributed by atoms with E-state index in [2.05, 4.69) is 56.9 Å². The van der Waals surface area contributed by atoms with Gasteiger partial charge in [0, 0.05) is 93.2 Å². The fourth-order valence-corrected chi connectivity index (χ4v) is 11.9. The van der Waals surface area contributed by atoms with Crippen LogP contribution in [-0.4, -0.2) is 98.6 Å². The second-order valence-electron chi connectivity index (χ2n) is 25.8. The van der Waals surface area contributed by atoms with E-state index in [0.717, 1.165) is 22.3 Å². The molecule has 6 radical (unpaired) electrons. The standard InChI is InChI=1S/C21H15N3O2.C12H7N3O3.2C12H9N3O.2C9H7ClO.C9H8O2.C8H6N2O2.CH4.2B.K.H/c1-2-14-6-8-15(9-7-14)20(25)22-16-10-11-18-17(13-16)21(26)24-12-4-3-5-19(24)23-18;16-12-9-7-8(15(17)18)4-5-10(9)13-11-3-1-2-6-14(11)12;2*13-8-4-5-10-9(7-8)12(16)15-6-2-1-3-11(15)14-10;3*1-2-7-3-5-8(6-4-7)9(10)11;9-4-1-2-5-6(3-4)8(12)10-7(5)11;;;;;/h2-13H,1H2,(H,22,25);1-7H;2*1-7H,13H2;2*2-6H,1H2;2-6H,1H2,(H,10,11);1-3H,9H2,(H,10,11,12);1H4;;;;/q;;;;;;;;;;;+1;-1. The molecule has 0 aliphatic carbocycles. The molecule has 9 heterocycles. The number of carbonyl (C=O) groups excluding carboxylic acids is 5. The predicted octanol–water partition coefficient (Wildman–Crippen LogP) is 12.9. The minimum Gasteiger partial charge on any atom is -1.00 e. The molecule has 0 fully saturated rings. The molecule has 9 N–H and O–H groups in total. The third kappa shape index (κ3) is 24.4. The summed E-state index contributed by atoms with van der Waals surface area (Å²) >= 11 is 10.5. The number of carboxylic acids is 1. The number of halogens is 2. The van der Waals surface area contributed by atoms with Gasteiger partial charge in [0.1, 0.15) is 22.6 Å². The van der Waals surface area contributed by atoms with E-state index in [4.69, 9.17) is 45.5 Å². The zero-order chi connectivity index (χ0) is 86.6. The molecule has 614 valence electrons. The average Bonchev–Trinajstić information content (AvgIpc) is 0.979. The number of nitrogens with zero attached hydrogens (tertiary/aromatic N) is 9. The van der Waals surface area contributed by atoms with Crippen molar-refractivity contribution in [3.05, 3.63) is 419 Å². The number of carbonyl (C=O) groups is 6. The van der Waals surface area contributed by atoms with E-state index in [-0.39, 0.29) is 128 Å². The van der Waals surface area contributed by atoms with Gasteiger partial charge in [-0.3, -0.25) is 76.2 Å². The largest absolute Gasteiger partial charge is 1.00 e. The van der Waals surface area contributed by atoms with Crippen LogP contribution < -0.4 is 101 Å². The van der Waals surface area contributed by atoms with Crippen molar-refractivity contribution in [2.24, 2.45) is 0 Å². The molecular weight excluding hydrogens is 1650 g/mol. The Labute approximate surface area is 770 Å². The number of nitro benzene ring substituents is 1. The van der Waals surface area contributed by atoms with Crippen LogP contribution in [0.15, 0.2) is 331 Å². The third-order valence-corrected chi connectivity index (χ3v) is 18.3. The van der Waals surface area contributed by atoms with Gasteiger partial charge >= 0.3 is 57.4 Å². The van der Waals surface area contributed by atoms with E-state index in [1.54, 1.807) is 255 Å². The zero-order valence-electron chi connectivity index (χ0n) is 66.8. The number of amides is 3. The van der Waals surface area contributed by atoms with Gasteiger partial charge in [-0.25, -0.2) is 24.7 Å². The molecule has 0 saturated heterocycles. The molecule has 0 unspecified atom stereocenters. The number of anilines is 4. The Kier molecular flexibility index (Phi) is 35.0. The quantitative estimate of drug-likeness (QED) is 0.0141. The first kappa shape index (κ1) is 97.1. The molecule has 27 nitrogen and oxygen atoms in total. The van der Waals surface area contributed by atoms with E-state index in [1.807, 2.05) is 30.3 Å². The van der Waals surface area contributed by atoms with Gasteiger partial charge in [-0.2, -0.15) is 0 Å². The smallest absolute Gasteiger partial charge is 1.00 e. The Morgan fingerprint density at radius 3 is 1.06 bits per heavy atom. The number of aromatic carboxylic acids is 1. The molecule has 0 saturated carbocycles. The summed E-state index contributed by atoms with van der Waals surface area (Å²) in [5, 5.41) is 25.1. The van der Waals surface area contributed by atoms with Crippen molar-refractivity contribution in [2.75, 3.05) is 22.5 Å². The van der Waals surface area contributed by atoms with Gasteiger partial charge in [0.15, 0.2) is 0 Å². The van der Waals surface area contributed by atoms with Crippen molar-refractivity contribution in [1.82, 2.24) is 42.9 Å². The zero-order valence-corrected chi connectivity index (χ0v) is 70.4. The second kappa shape index (κ2) is 45.0. The van der Waals surface area contributed by atoms with Crippen LogP contribution >= 0.6 is 23.2 Å². The van der Waals surface area contributed by atoms with E-state index >= 15 is 0 Å². The summed E-state index contributed by atoms with van der Waals surface area (Å²) < 4.78 is 5.89. The minimum absolute atomic E-state index is 0. The molecule has 0 spiro atoms. The van der Waals surface area contributed by atoms with Crippen LogP contribution in [0.25, 0.3) is 90.5 Å². The molecule has 8 aromatic heterocycles. The number of hydrogen-bond donors (Lipinski definition) is 6.